The minimum absolute atomic E-state index is 0.0362. The molecule has 3 aromatic rings. The van der Waals surface area contributed by atoms with Gasteiger partial charge in [-0.1, -0.05) is 18.2 Å². The van der Waals surface area contributed by atoms with Gasteiger partial charge in [0.1, 0.15) is 0 Å². The quantitative estimate of drug-likeness (QED) is 0.693. The van der Waals surface area contributed by atoms with E-state index >= 15 is 0 Å². The normalized spacial score (nSPS) is 11.6. The second-order valence-electron chi connectivity index (χ2n) is 5.97. The number of sulfone groups is 1. The van der Waals surface area contributed by atoms with Crippen LogP contribution < -0.4 is 11.2 Å². The first kappa shape index (κ1) is 18.6. The molecular weight excluding hydrogens is 372 g/mol. The van der Waals surface area contributed by atoms with Crippen LogP contribution in [0.1, 0.15) is 10.4 Å². The van der Waals surface area contributed by atoms with Crippen molar-refractivity contribution in [3.05, 3.63) is 74.9 Å². The Balaban J connectivity index is 2.08. The maximum atomic E-state index is 12.7. The highest BCUT2D eigenvalue weighted by Gasteiger charge is 2.18. The lowest BCUT2D eigenvalue weighted by atomic mass is 10.1. The van der Waals surface area contributed by atoms with Crippen molar-refractivity contribution < 1.29 is 18.3 Å². The number of benzene rings is 2. The number of hydrogen-bond acceptors (Lipinski definition) is 5. The summed E-state index contributed by atoms with van der Waals surface area (Å²) in [5.41, 5.74) is -1.21. The zero-order valence-corrected chi connectivity index (χ0v) is 15.1. The van der Waals surface area contributed by atoms with Crippen LogP contribution >= 0.6 is 0 Å². The Morgan fingerprint density at radius 2 is 1.74 bits per heavy atom. The van der Waals surface area contributed by atoms with Gasteiger partial charge in [0.15, 0.2) is 9.84 Å². The van der Waals surface area contributed by atoms with Crippen molar-refractivity contribution in [2.45, 2.75) is 11.4 Å². The topological polar surface area (TPSA) is 115 Å². The molecule has 0 saturated heterocycles. The van der Waals surface area contributed by atoms with E-state index in [9.17, 15) is 22.8 Å². The van der Waals surface area contributed by atoms with Crippen LogP contribution in [0.2, 0.25) is 0 Å². The molecule has 0 bridgehead atoms. The third kappa shape index (κ3) is 3.41. The molecular formula is C18H16N2O6S. The first-order valence-electron chi connectivity index (χ1n) is 7.97. The molecule has 0 saturated carbocycles. The smallest absolute Gasteiger partial charge is 0.335 e. The molecule has 1 aromatic heterocycles. The summed E-state index contributed by atoms with van der Waals surface area (Å²) >= 11 is 0. The fourth-order valence-electron chi connectivity index (χ4n) is 2.80. The Labute approximate surface area is 153 Å². The van der Waals surface area contributed by atoms with Crippen LogP contribution in [-0.2, 0) is 23.4 Å². The number of carbonyl (C=O) groups is 1. The van der Waals surface area contributed by atoms with E-state index in [1.54, 1.807) is 18.2 Å². The number of hydrogen-bond donors (Lipinski definition) is 1. The molecule has 1 N–H and O–H groups in total. The Bertz CT molecular complexity index is 1260. The van der Waals surface area contributed by atoms with Gasteiger partial charge in [0, 0.05) is 13.6 Å². The maximum Gasteiger partial charge on any atom is 0.335 e. The predicted octanol–water partition coefficient (Wildman–Crippen LogP) is 0.872. The van der Waals surface area contributed by atoms with Crippen molar-refractivity contribution in [1.29, 1.82) is 0 Å². The summed E-state index contributed by atoms with van der Waals surface area (Å²) in [4.78, 5) is 36.4. The molecule has 0 radical (unpaired) electrons. The third-order valence-electron chi connectivity index (χ3n) is 4.28. The number of carboxylic acid groups (broad SMARTS) is 1. The van der Waals surface area contributed by atoms with E-state index in [1.807, 2.05) is 0 Å². The average molecular weight is 388 g/mol. The molecule has 0 spiro atoms. The molecule has 0 unspecified atom stereocenters. The standard InChI is InChI=1S/C18H16N2O6S/c1-19-15-8-7-12(17(22)23)11-14(15)16(21)20(18(19)24)9-10-27(25,26)13-5-3-2-4-6-13/h2-8,11H,9-10H2,1H3,(H,22,23). The van der Waals surface area contributed by atoms with Gasteiger partial charge < -0.3 is 5.11 Å². The number of fused-ring (bicyclic) bond motifs is 1. The summed E-state index contributed by atoms with van der Waals surface area (Å²) < 4.78 is 26.8. The van der Waals surface area contributed by atoms with Gasteiger partial charge in [-0.15, -0.1) is 0 Å². The maximum absolute atomic E-state index is 12.7. The van der Waals surface area contributed by atoms with Crippen LogP contribution in [-0.4, -0.2) is 34.4 Å². The van der Waals surface area contributed by atoms with E-state index in [0.29, 0.717) is 0 Å². The molecule has 140 valence electrons. The molecule has 2 aromatic carbocycles. The van der Waals surface area contributed by atoms with Crippen molar-refractivity contribution in [3.8, 4) is 0 Å². The van der Waals surface area contributed by atoms with Crippen molar-refractivity contribution in [2.24, 2.45) is 7.05 Å². The Morgan fingerprint density at radius 3 is 2.37 bits per heavy atom. The molecule has 0 aliphatic rings. The fourth-order valence-corrected chi connectivity index (χ4v) is 4.03. The van der Waals surface area contributed by atoms with Crippen molar-refractivity contribution in [2.75, 3.05) is 5.75 Å². The summed E-state index contributed by atoms with van der Waals surface area (Å²) in [6.45, 7) is -0.337. The average Bonchev–Trinajstić information content (AvgIpc) is 2.66. The van der Waals surface area contributed by atoms with E-state index in [-0.39, 0.29) is 27.9 Å². The van der Waals surface area contributed by atoms with Crippen molar-refractivity contribution in [1.82, 2.24) is 9.13 Å². The second-order valence-corrected chi connectivity index (χ2v) is 8.08. The highest BCUT2D eigenvalue weighted by Crippen LogP contribution is 2.12. The molecule has 0 aliphatic heterocycles. The zero-order chi connectivity index (χ0) is 19.8. The van der Waals surface area contributed by atoms with Gasteiger partial charge in [0.2, 0.25) is 0 Å². The Morgan fingerprint density at radius 1 is 1.07 bits per heavy atom. The lowest BCUT2D eigenvalue weighted by molar-refractivity contribution is 0.0697. The monoisotopic (exact) mass is 388 g/mol. The van der Waals surface area contributed by atoms with E-state index < -0.39 is 32.8 Å². The molecule has 1 heterocycles. The van der Waals surface area contributed by atoms with Gasteiger partial charge in [-0.3, -0.25) is 13.9 Å². The Hall–Kier alpha value is -3.20. The van der Waals surface area contributed by atoms with Crippen molar-refractivity contribution in [3.63, 3.8) is 0 Å². The number of aryl methyl sites for hydroxylation is 1. The molecule has 9 heteroatoms. The van der Waals surface area contributed by atoms with Crippen LogP contribution in [0.5, 0.6) is 0 Å². The Kier molecular flexibility index (Phi) is 4.71. The number of aromatic nitrogens is 2. The van der Waals surface area contributed by atoms with Gasteiger partial charge in [-0.2, -0.15) is 0 Å². The van der Waals surface area contributed by atoms with E-state index in [4.69, 9.17) is 5.11 Å². The molecule has 0 atom stereocenters. The summed E-state index contributed by atoms with van der Waals surface area (Å²) in [5.74, 6) is -1.64. The summed E-state index contributed by atoms with van der Waals surface area (Å²) in [5, 5.41) is 9.14. The lowest BCUT2D eigenvalue weighted by Gasteiger charge is -2.11. The van der Waals surface area contributed by atoms with Crippen LogP contribution in [0, 0.1) is 0 Å². The number of rotatable bonds is 5. The van der Waals surface area contributed by atoms with E-state index in [2.05, 4.69) is 0 Å². The van der Waals surface area contributed by atoms with Gasteiger partial charge in [-0.25, -0.2) is 18.0 Å². The minimum atomic E-state index is -3.68. The highest BCUT2D eigenvalue weighted by molar-refractivity contribution is 7.91. The number of aromatic carboxylic acids is 1. The van der Waals surface area contributed by atoms with E-state index in [0.717, 1.165) is 4.57 Å². The van der Waals surface area contributed by atoms with Crippen LogP contribution in [0.15, 0.2) is 63.0 Å². The highest BCUT2D eigenvalue weighted by atomic mass is 32.2. The lowest BCUT2D eigenvalue weighted by Crippen LogP contribution is -2.40. The minimum Gasteiger partial charge on any atom is -0.478 e. The summed E-state index contributed by atoms with van der Waals surface area (Å²) in [6, 6.07) is 11.6. The first-order valence-corrected chi connectivity index (χ1v) is 9.62. The fraction of sp³-hybridized carbons (Fsp3) is 0.167. The molecule has 3 rings (SSSR count). The zero-order valence-electron chi connectivity index (χ0n) is 14.3. The number of nitrogens with zero attached hydrogens (tertiary/aromatic N) is 2. The largest absolute Gasteiger partial charge is 0.478 e. The van der Waals surface area contributed by atoms with Gasteiger partial charge in [0.25, 0.3) is 5.56 Å². The molecule has 27 heavy (non-hydrogen) atoms. The van der Waals surface area contributed by atoms with Crippen LogP contribution in [0.4, 0.5) is 0 Å². The van der Waals surface area contributed by atoms with Crippen LogP contribution in [0.25, 0.3) is 10.9 Å². The SMILES string of the molecule is Cn1c(=O)n(CCS(=O)(=O)c2ccccc2)c(=O)c2cc(C(=O)O)ccc21. The van der Waals surface area contributed by atoms with Crippen LogP contribution in [0.3, 0.4) is 0 Å². The first-order chi connectivity index (χ1) is 12.7. The second kappa shape index (κ2) is 6.84. The molecule has 0 aliphatic carbocycles. The molecule has 8 nitrogen and oxygen atoms in total. The third-order valence-corrected chi connectivity index (χ3v) is 5.99. The van der Waals surface area contributed by atoms with Gasteiger partial charge in [0.05, 0.1) is 27.1 Å². The van der Waals surface area contributed by atoms with Gasteiger partial charge >= 0.3 is 11.7 Å². The van der Waals surface area contributed by atoms with E-state index in [1.165, 1.54) is 41.9 Å². The van der Waals surface area contributed by atoms with Gasteiger partial charge in [-0.05, 0) is 30.3 Å². The number of carboxylic acids is 1. The van der Waals surface area contributed by atoms with Crippen molar-refractivity contribution >= 4 is 26.7 Å². The molecule has 0 fully saturated rings. The predicted molar refractivity (Wildman–Crippen MR) is 98.9 cm³/mol. The molecule has 0 amide bonds. The summed E-state index contributed by atoms with van der Waals surface area (Å²) in [6.07, 6.45) is 0. The summed E-state index contributed by atoms with van der Waals surface area (Å²) in [7, 11) is -2.24.